The predicted molar refractivity (Wildman–Crippen MR) is 109 cm³/mol. The van der Waals surface area contributed by atoms with Crippen LogP contribution in [0.25, 0.3) is 11.3 Å². The van der Waals surface area contributed by atoms with E-state index in [0.717, 1.165) is 54.9 Å². The molecule has 0 N–H and O–H groups in total. The second-order valence-electron chi connectivity index (χ2n) is 7.47. The molecule has 6 nitrogen and oxygen atoms in total. The van der Waals surface area contributed by atoms with Gasteiger partial charge in [0.25, 0.3) is 0 Å². The molecule has 1 aliphatic heterocycles. The maximum atomic E-state index is 8.96. The first-order valence-electron chi connectivity index (χ1n) is 9.42. The van der Waals surface area contributed by atoms with Gasteiger partial charge in [0.2, 0.25) is 5.88 Å². The number of likely N-dealkylation sites (tertiary alicyclic amines) is 1. The molecule has 0 bridgehead atoms. The lowest BCUT2D eigenvalue weighted by Crippen LogP contribution is -2.44. The van der Waals surface area contributed by atoms with Crippen molar-refractivity contribution in [3.8, 4) is 29.0 Å². The fraction of sp³-hybridized carbons (Fsp3) is 0.476. The maximum absolute atomic E-state index is 8.96. The number of aromatic nitrogens is 2. The van der Waals surface area contributed by atoms with Gasteiger partial charge in [-0.05, 0) is 63.2 Å². The second-order valence-corrected chi connectivity index (χ2v) is 8.41. The molecule has 4 rings (SSSR count). The van der Waals surface area contributed by atoms with Gasteiger partial charge in [-0.1, -0.05) is 11.8 Å². The fourth-order valence-corrected chi connectivity index (χ4v) is 4.90. The minimum atomic E-state index is -0.0367. The fourth-order valence-electron chi connectivity index (χ4n) is 4.40. The zero-order valence-electron chi connectivity index (χ0n) is 16.5. The molecule has 0 amide bonds. The normalized spacial score (nSPS) is 17.5. The number of hydrogen-bond acceptors (Lipinski definition) is 7. The van der Waals surface area contributed by atoms with Crippen LogP contribution in [-0.2, 0) is 11.8 Å². The lowest BCUT2D eigenvalue weighted by molar-refractivity contribution is 0.180. The van der Waals surface area contributed by atoms with Crippen molar-refractivity contribution in [2.75, 3.05) is 40.1 Å². The topological polar surface area (TPSA) is 71.3 Å². The molecule has 1 aromatic carbocycles. The number of methoxy groups -OCH3 is 2. The smallest absolute Gasteiger partial charge is 0.221 e. The molecule has 2 aliphatic rings. The van der Waals surface area contributed by atoms with E-state index in [1.807, 2.05) is 6.07 Å². The SMILES string of the molecule is COc1ccc2c(c1)CC1(CCN(C)CC1)c1c(OC)nc(SCC#N)nc1-2. The van der Waals surface area contributed by atoms with Crippen LogP contribution in [0.5, 0.6) is 11.6 Å². The van der Waals surface area contributed by atoms with E-state index < -0.39 is 0 Å². The molecule has 1 saturated heterocycles. The summed E-state index contributed by atoms with van der Waals surface area (Å²) < 4.78 is 11.2. The van der Waals surface area contributed by atoms with E-state index >= 15 is 0 Å². The summed E-state index contributed by atoms with van der Waals surface area (Å²) in [4.78, 5) is 11.9. The van der Waals surface area contributed by atoms with Crippen LogP contribution in [0.3, 0.4) is 0 Å². The predicted octanol–water partition coefficient (Wildman–Crippen LogP) is 3.30. The number of nitrogens with zero attached hydrogens (tertiary/aromatic N) is 4. The Kier molecular flexibility index (Phi) is 5.17. The average Bonchev–Trinajstić information content (AvgIpc) is 2.73. The number of fused-ring (bicyclic) bond motifs is 4. The van der Waals surface area contributed by atoms with Gasteiger partial charge in [0.15, 0.2) is 5.16 Å². The van der Waals surface area contributed by atoms with Gasteiger partial charge < -0.3 is 14.4 Å². The molecule has 1 spiro atoms. The van der Waals surface area contributed by atoms with E-state index in [2.05, 4.69) is 35.1 Å². The van der Waals surface area contributed by atoms with Crippen LogP contribution in [-0.4, -0.2) is 55.0 Å². The third-order valence-electron chi connectivity index (χ3n) is 5.89. The highest BCUT2D eigenvalue weighted by molar-refractivity contribution is 7.99. The molecule has 1 aromatic heterocycles. The van der Waals surface area contributed by atoms with Crippen molar-refractivity contribution in [2.24, 2.45) is 0 Å². The number of piperidine rings is 1. The number of hydrogen-bond donors (Lipinski definition) is 0. The molecule has 146 valence electrons. The Balaban J connectivity index is 1.92. The molecule has 7 heteroatoms. The molecule has 2 aromatic rings. The van der Waals surface area contributed by atoms with Crippen molar-refractivity contribution < 1.29 is 9.47 Å². The number of thioether (sulfide) groups is 1. The minimum Gasteiger partial charge on any atom is -0.497 e. The zero-order valence-corrected chi connectivity index (χ0v) is 17.3. The molecule has 0 atom stereocenters. The standard InChI is InChI=1S/C21H24N4O2S/c1-25-9-6-21(7-10-25)13-14-12-15(26-2)4-5-16(14)18-17(21)19(27-3)24-20(23-18)28-11-8-22/h4-5,12H,6-7,9-11,13H2,1-3H3. The Morgan fingerprint density at radius 1 is 1.21 bits per heavy atom. The Hall–Kier alpha value is -2.30. The van der Waals surface area contributed by atoms with E-state index in [1.165, 1.54) is 17.3 Å². The van der Waals surface area contributed by atoms with Gasteiger partial charge in [-0.3, -0.25) is 0 Å². The summed E-state index contributed by atoms with van der Waals surface area (Å²) in [5.74, 6) is 1.83. The first kappa shape index (κ1) is 19.0. The Bertz CT molecular complexity index is 933. The first-order chi connectivity index (χ1) is 13.6. The van der Waals surface area contributed by atoms with E-state index in [9.17, 15) is 0 Å². The van der Waals surface area contributed by atoms with E-state index in [1.54, 1.807) is 14.2 Å². The Morgan fingerprint density at radius 3 is 2.68 bits per heavy atom. The quantitative estimate of drug-likeness (QED) is 0.580. The lowest BCUT2D eigenvalue weighted by atomic mass is 9.64. The van der Waals surface area contributed by atoms with Gasteiger partial charge >= 0.3 is 0 Å². The monoisotopic (exact) mass is 396 g/mol. The molecule has 0 unspecified atom stereocenters. The van der Waals surface area contributed by atoms with Gasteiger partial charge in [-0.2, -0.15) is 10.2 Å². The molecule has 2 heterocycles. The zero-order chi connectivity index (χ0) is 19.7. The highest BCUT2D eigenvalue weighted by atomic mass is 32.2. The molecular formula is C21H24N4O2S. The van der Waals surface area contributed by atoms with Crippen molar-refractivity contribution >= 4 is 11.8 Å². The van der Waals surface area contributed by atoms with Crippen molar-refractivity contribution in [1.29, 1.82) is 5.26 Å². The molecule has 0 radical (unpaired) electrons. The van der Waals surface area contributed by atoms with Crippen molar-refractivity contribution in [3.63, 3.8) is 0 Å². The molecular weight excluding hydrogens is 372 g/mol. The lowest BCUT2D eigenvalue weighted by Gasteiger charge is -2.44. The number of benzene rings is 1. The number of nitriles is 1. The Morgan fingerprint density at radius 2 is 2.00 bits per heavy atom. The van der Waals surface area contributed by atoms with E-state index in [-0.39, 0.29) is 5.41 Å². The molecule has 1 fully saturated rings. The summed E-state index contributed by atoms with van der Waals surface area (Å²) in [6, 6.07) is 8.35. The third-order valence-corrected chi connectivity index (χ3v) is 6.60. The summed E-state index contributed by atoms with van der Waals surface area (Å²) in [5.41, 5.74) is 4.40. The molecule has 1 aliphatic carbocycles. The van der Waals surface area contributed by atoms with Gasteiger partial charge in [-0.25, -0.2) is 4.98 Å². The van der Waals surface area contributed by atoms with Crippen molar-refractivity contribution in [1.82, 2.24) is 14.9 Å². The first-order valence-corrected chi connectivity index (χ1v) is 10.4. The van der Waals surface area contributed by atoms with Gasteiger partial charge in [0, 0.05) is 16.5 Å². The Labute approximate surface area is 169 Å². The second kappa shape index (κ2) is 7.61. The van der Waals surface area contributed by atoms with Crippen LogP contribution >= 0.6 is 11.8 Å². The van der Waals surface area contributed by atoms with E-state index in [0.29, 0.717) is 16.8 Å². The van der Waals surface area contributed by atoms with Gasteiger partial charge in [0.1, 0.15) is 5.75 Å². The van der Waals surface area contributed by atoms with Crippen LogP contribution in [0.1, 0.15) is 24.0 Å². The highest BCUT2D eigenvalue weighted by Crippen LogP contribution is 2.51. The van der Waals surface area contributed by atoms with Gasteiger partial charge in [-0.15, -0.1) is 0 Å². The summed E-state index contributed by atoms with van der Waals surface area (Å²) >= 11 is 1.34. The van der Waals surface area contributed by atoms with E-state index in [4.69, 9.17) is 19.7 Å². The van der Waals surface area contributed by atoms with Crippen molar-refractivity contribution in [2.45, 2.75) is 29.8 Å². The number of ether oxygens (including phenoxy) is 2. The molecule has 28 heavy (non-hydrogen) atoms. The van der Waals surface area contributed by atoms with Crippen LogP contribution in [0.2, 0.25) is 0 Å². The van der Waals surface area contributed by atoms with Crippen LogP contribution in [0.4, 0.5) is 0 Å². The number of rotatable bonds is 4. The third kappa shape index (κ3) is 3.21. The highest BCUT2D eigenvalue weighted by Gasteiger charge is 2.44. The average molecular weight is 397 g/mol. The largest absolute Gasteiger partial charge is 0.497 e. The summed E-state index contributed by atoms with van der Waals surface area (Å²) in [6.07, 6.45) is 3.01. The van der Waals surface area contributed by atoms with Crippen LogP contribution in [0.15, 0.2) is 23.4 Å². The van der Waals surface area contributed by atoms with Crippen LogP contribution in [0, 0.1) is 11.3 Å². The minimum absolute atomic E-state index is 0.0367. The van der Waals surface area contributed by atoms with Crippen LogP contribution < -0.4 is 9.47 Å². The summed E-state index contributed by atoms with van der Waals surface area (Å²) in [5, 5.41) is 9.54. The van der Waals surface area contributed by atoms with Gasteiger partial charge in [0.05, 0.1) is 31.7 Å². The van der Waals surface area contributed by atoms with Crippen molar-refractivity contribution in [3.05, 3.63) is 29.3 Å². The summed E-state index contributed by atoms with van der Waals surface area (Å²) in [6.45, 7) is 2.07. The molecule has 0 saturated carbocycles. The maximum Gasteiger partial charge on any atom is 0.221 e. The summed E-state index contributed by atoms with van der Waals surface area (Å²) in [7, 11) is 5.54.